The van der Waals surface area contributed by atoms with E-state index in [0.717, 1.165) is 6.42 Å². The molecule has 0 spiro atoms. The van der Waals surface area contributed by atoms with Gasteiger partial charge in [0.15, 0.2) is 0 Å². The Morgan fingerprint density at radius 2 is 2.11 bits per heavy atom. The van der Waals surface area contributed by atoms with Crippen molar-refractivity contribution in [2.75, 3.05) is 25.7 Å². The molecule has 2 rings (SSSR count). The maximum Gasteiger partial charge on any atom is 0.319 e. The Bertz CT molecular complexity index is 476. The molecular weight excluding hydrogens is 246 g/mol. The maximum absolute atomic E-state index is 12.4. The van der Waals surface area contributed by atoms with Crippen molar-refractivity contribution in [3.05, 3.63) is 6.20 Å². The maximum atomic E-state index is 12.4. The van der Waals surface area contributed by atoms with Crippen LogP contribution in [0, 0.1) is 11.8 Å². The van der Waals surface area contributed by atoms with Crippen LogP contribution in [-0.4, -0.2) is 36.6 Å². The predicted octanol–water partition coefficient (Wildman–Crippen LogP) is 1.50. The van der Waals surface area contributed by atoms with Crippen LogP contribution in [0.5, 0.6) is 11.9 Å². The molecule has 104 valence electrons. The minimum absolute atomic E-state index is 0.0619. The second kappa shape index (κ2) is 5.42. The fraction of sp³-hybridized carbons (Fsp3) is 0.615. The number of methoxy groups -OCH3 is 2. The minimum Gasteiger partial charge on any atom is -0.479 e. The van der Waals surface area contributed by atoms with Gasteiger partial charge in [-0.2, -0.15) is 4.98 Å². The Hall–Kier alpha value is -1.85. The highest BCUT2D eigenvalue weighted by atomic mass is 16.5. The highest BCUT2D eigenvalue weighted by Crippen LogP contribution is 2.34. The zero-order valence-corrected chi connectivity index (χ0v) is 11.7. The van der Waals surface area contributed by atoms with Crippen LogP contribution in [0.15, 0.2) is 6.20 Å². The summed E-state index contributed by atoms with van der Waals surface area (Å²) < 4.78 is 10.2. The van der Waals surface area contributed by atoms with Crippen molar-refractivity contribution in [1.29, 1.82) is 0 Å². The average molecular weight is 265 g/mol. The number of amides is 1. The Morgan fingerprint density at radius 1 is 1.37 bits per heavy atom. The monoisotopic (exact) mass is 265 g/mol. The van der Waals surface area contributed by atoms with E-state index in [2.05, 4.69) is 23.8 Å². The molecule has 6 nitrogen and oxygen atoms in total. The first-order valence-electron chi connectivity index (χ1n) is 6.34. The summed E-state index contributed by atoms with van der Waals surface area (Å²) in [7, 11) is 3.01. The molecule has 1 aromatic rings. The van der Waals surface area contributed by atoms with Crippen molar-refractivity contribution in [1.82, 2.24) is 9.97 Å². The normalized spacial score (nSPS) is 19.1. The zero-order valence-electron chi connectivity index (χ0n) is 11.7. The van der Waals surface area contributed by atoms with Crippen molar-refractivity contribution in [3.63, 3.8) is 0 Å². The van der Waals surface area contributed by atoms with Crippen LogP contribution in [0.25, 0.3) is 0 Å². The number of nitrogens with zero attached hydrogens (tertiary/aromatic N) is 3. The second-order valence-corrected chi connectivity index (χ2v) is 4.88. The lowest BCUT2D eigenvalue weighted by Crippen LogP contribution is -2.29. The minimum atomic E-state index is 0.0619. The molecule has 1 fully saturated rings. The second-order valence-electron chi connectivity index (χ2n) is 4.88. The van der Waals surface area contributed by atoms with Crippen LogP contribution in [-0.2, 0) is 4.79 Å². The van der Waals surface area contributed by atoms with E-state index < -0.39 is 0 Å². The molecule has 0 bridgehead atoms. The van der Waals surface area contributed by atoms with Gasteiger partial charge in [0.25, 0.3) is 0 Å². The van der Waals surface area contributed by atoms with Crippen molar-refractivity contribution >= 4 is 11.6 Å². The van der Waals surface area contributed by atoms with Crippen LogP contribution >= 0.6 is 0 Å². The fourth-order valence-electron chi connectivity index (χ4n) is 2.34. The van der Waals surface area contributed by atoms with Gasteiger partial charge in [0.05, 0.1) is 20.4 Å². The molecule has 1 aromatic heterocycles. The molecule has 1 aliphatic rings. The van der Waals surface area contributed by atoms with Gasteiger partial charge in [0.2, 0.25) is 11.8 Å². The molecule has 19 heavy (non-hydrogen) atoms. The Kier molecular flexibility index (Phi) is 3.87. The summed E-state index contributed by atoms with van der Waals surface area (Å²) in [6, 6.07) is 0.229. The van der Waals surface area contributed by atoms with E-state index >= 15 is 0 Å². The van der Waals surface area contributed by atoms with Gasteiger partial charge < -0.3 is 14.4 Å². The van der Waals surface area contributed by atoms with Crippen LogP contribution in [0.1, 0.15) is 20.3 Å². The van der Waals surface area contributed by atoms with E-state index in [-0.39, 0.29) is 17.8 Å². The average Bonchev–Trinajstić information content (AvgIpc) is 2.79. The van der Waals surface area contributed by atoms with Gasteiger partial charge in [0, 0.05) is 12.5 Å². The topological polar surface area (TPSA) is 64.5 Å². The summed E-state index contributed by atoms with van der Waals surface area (Å²) >= 11 is 0. The molecule has 1 unspecified atom stereocenters. The Morgan fingerprint density at radius 3 is 2.63 bits per heavy atom. The van der Waals surface area contributed by atoms with Crippen LogP contribution < -0.4 is 14.4 Å². The highest BCUT2D eigenvalue weighted by molar-refractivity contribution is 5.98. The summed E-state index contributed by atoms with van der Waals surface area (Å²) in [5, 5.41) is 0. The predicted molar refractivity (Wildman–Crippen MR) is 70.4 cm³/mol. The molecule has 0 N–H and O–H groups in total. The molecule has 1 aliphatic heterocycles. The number of carbonyl (C=O) groups excluding carboxylic acids is 1. The van der Waals surface area contributed by atoms with Gasteiger partial charge in [-0.3, -0.25) is 4.79 Å². The van der Waals surface area contributed by atoms with Gasteiger partial charge in [-0.25, -0.2) is 4.98 Å². The highest BCUT2D eigenvalue weighted by Gasteiger charge is 2.36. The SMILES string of the molecule is COc1ncc(N2CCC(C(C)C)C2=O)c(OC)n1. The number of hydrogen-bond donors (Lipinski definition) is 0. The van der Waals surface area contributed by atoms with Crippen molar-refractivity contribution in [2.45, 2.75) is 20.3 Å². The van der Waals surface area contributed by atoms with Crippen LogP contribution in [0.4, 0.5) is 5.69 Å². The van der Waals surface area contributed by atoms with E-state index in [1.165, 1.54) is 14.2 Å². The molecule has 2 heterocycles. The van der Waals surface area contributed by atoms with E-state index in [9.17, 15) is 4.79 Å². The molecule has 6 heteroatoms. The molecular formula is C13H19N3O3. The van der Waals surface area contributed by atoms with Gasteiger partial charge in [-0.15, -0.1) is 0 Å². The molecule has 0 aliphatic carbocycles. The molecule has 1 saturated heterocycles. The number of aromatic nitrogens is 2. The lowest BCUT2D eigenvalue weighted by molar-refractivity contribution is -0.121. The van der Waals surface area contributed by atoms with E-state index in [1.807, 2.05) is 0 Å². The van der Waals surface area contributed by atoms with Gasteiger partial charge in [0.1, 0.15) is 5.69 Å². The van der Waals surface area contributed by atoms with E-state index in [1.54, 1.807) is 11.1 Å². The van der Waals surface area contributed by atoms with E-state index in [4.69, 9.17) is 9.47 Å². The molecule has 1 amide bonds. The first-order valence-corrected chi connectivity index (χ1v) is 6.34. The quantitative estimate of drug-likeness (QED) is 0.825. The lowest BCUT2D eigenvalue weighted by Gasteiger charge is -2.19. The van der Waals surface area contributed by atoms with Crippen molar-refractivity contribution < 1.29 is 14.3 Å². The first kappa shape index (κ1) is 13.6. The number of rotatable bonds is 4. The summed E-state index contributed by atoms with van der Waals surface area (Å²) in [5.74, 6) is 0.876. The third kappa shape index (κ3) is 2.47. The molecule has 0 saturated carbocycles. The van der Waals surface area contributed by atoms with Crippen LogP contribution in [0.3, 0.4) is 0 Å². The number of anilines is 1. The van der Waals surface area contributed by atoms with Gasteiger partial charge in [-0.05, 0) is 12.3 Å². The Labute approximate surface area is 112 Å². The molecule has 0 radical (unpaired) electrons. The molecule has 1 atom stereocenters. The number of ether oxygens (including phenoxy) is 2. The standard InChI is InChI=1S/C13H19N3O3/c1-8(2)9-5-6-16(12(9)17)10-7-14-13(19-4)15-11(10)18-3/h7-9H,5-6H2,1-4H3. The summed E-state index contributed by atoms with van der Waals surface area (Å²) in [6.07, 6.45) is 2.43. The zero-order chi connectivity index (χ0) is 14.0. The summed E-state index contributed by atoms with van der Waals surface area (Å²) in [5.41, 5.74) is 0.608. The van der Waals surface area contributed by atoms with Crippen LogP contribution in [0.2, 0.25) is 0 Å². The van der Waals surface area contributed by atoms with Crippen molar-refractivity contribution in [3.8, 4) is 11.9 Å². The van der Waals surface area contributed by atoms with Crippen molar-refractivity contribution in [2.24, 2.45) is 11.8 Å². The first-order chi connectivity index (χ1) is 9.08. The summed E-state index contributed by atoms with van der Waals surface area (Å²) in [6.45, 7) is 4.80. The lowest BCUT2D eigenvalue weighted by atomic mass is 9.95. The third-order valence-electron chi connectivity index (χ3n) is 3.43. The van der Waals surface area contributed by atoms with Gasteiger partial charge in [-0.1, -0.05) is 13.8 Å². The van der Waals surface area contributed by atoms with Gasteiger partial charge >= 0.3 is 6.01 Å². The van der Waals surface area contributed by atoms with E-state index in [0.29, 0.717) is 24.0 Å². The smallest absolute Gasteiger partial charge is 0.319 e. The number of carbonyl (C=O) groups is 1. The summed E-state index contributed by atoms with van der Waals surface area (Å²) in [4.78, 5) is 22.2. The number of hydrogen-bond acceptors (Lipinski definition) is 5. The fourth-order valence-corrected chi connectivity index (χ4v) is 2.34. The largest absolute Gasteiger partial charge is 0.479 e. The molecule has 0 aromatic carbocycles. The third-order valence-corrected chi connectivity index (χ3v) is 3.43. The Balaban J connectivity index is 2.30.